The van der Waals surface area contributed by atoms with Crippen molar-refractivity contribution in [2.75, 3.05) is 11.9 Å². The molecule has 31 heavy (non-hydrogen) atoms. The van der Waals surface area contributed by atoms with Gasteiger partial charge in [-0.15, -0.1) is 5.10 Å². The Morgan fingerprint density at radius 3 is 2.68 bits per heavy atom. The summed E-state index contributed by atoms with van der Waals surface area (Å²) < 4.78 is 7.65. The van der Waals surface area contributed by atoms with Gasteiger partial charge in [0, 0.05) is 26.6 Å². The highest BCUT2D eigenvalue weighted by Gasteiger charge is 2.16. The first kappa shape index (κ1) is 22.0. The smallest absolute Gasteiger partial charge is 0.141 e. The summed E-state index contributed by atoms with van der Waals surface area (Å²) in [6, 6.07) is 11.7. The molecule has 0 radical (unpaired) electrons. The zero-order valence-corrected chi connectivity index (χ0v) is 20.1. The molecule has 2 aromatic heterocycles. The number of nitrogens with zero attached hydrogens (tertiary/aromatic N) is 4. The molecule has 1 N–H and O–H groups in total. The number of fused-ring (bicyclic) bond motifs is 1. The molecule has 4 rings (SSSR count). The Balaban J connectivity index is 1.31. The number of ether oxygens (including phenoxy) is 1. The largest absolute Gasteiger partial charge is 0.379 e. The fourth-order valence-electron chi connectivity index (χ4n) is 4.12. The minimum absolute atomic E-state index is 0.449. The van der Waals surface area contributed by atoms with Crippen LogP contribution in [0.2, 0.25) is 25.7 Å². The normalized spacial score (nSPS) is 15.5. The van der Waals surface area contributed by atoms with Crippen molar-refractivity contribution in [2.45, 2.75) is 77.0 Å². The van der Waals surface area contributed by atoms with Crippen molar-refractivity contribution in [3.63, 3.8) is 0 Å². The first-order chi connectivity index (χ1) is 15.0. The molecule has 1 aliphatic rings. The number of benzene rings is 1. The Bertz CT molecular complexity index is 974. The maximum absolute atomic E-state index is 5.82. The minimum Gasteiger partial charge on any atom is -0.379 e. The lowest BCUT2D eigenvalue weighted by Crippen LogP contribution is -2.22. The number of hydrogen-bond acceptors (Lipinski definition) is 5. The van der Waals surface area contributed by atoms with Crippen molar-refractivity contribution in [1.29, 1.82) is 0 Å². The second-order valence-electron chi connectivity index (χ2n) is 9.91. The first-order valence-corrected chi connectivity index (χ1v) is 15.3. The molecular formula is C24H35N5OSi. The van der Waals surface area contributed by atoms with Gasteiger partial charge in [0.2, 0.25) is 0 Å². The van der Waals surface area contributed by atoms with Crippen molar-refractivity contribution in [1.82, 2.24) is 20.0 Å². The van der Waals surface area contributed by atoms with E-state index in [9.17, 15) is 0 Å². The van der Waals surface area contributed by atoms with Gasteiger partial charge < -0.3 is 10.1 Å². The van der Waals surface area contributed by atoms with Gasteiger partial charge in [-0.3, -0.25) is 4.98 Å². The Hall–Kier alpha value is -2.25. The predicted molar refractivity (Wildman–Crippen MR) is 129 cm³/mol. The molecular weight excluding hydrogens is 402 g/mol. The third-order valence-electron chi connectivity index (χ3n) is 6.12. The maximum Gasteiger partial charge on any atom is 0.141 e. The number of aromatic nitrogens is 4. The van der Waals surface area contributed by atoms with Crippen molar-refractivity contribution >= 4 is 24.8 Å². The van der Waals surface area contributed by atoms with E-state index in [0.29, 0.717) is 19.2 Å². The average molecular weight is 438 g/mol. The average Bonchev–Trinajstić information content (AvgIpc) is 3.18. The molecule has 166 valence electrons. The highest BCUT2D eigenvalue weighted by Crippen LogP contribution is 2.32. The second kappa shape index (κ2) is 9.91. The molecule has 3 aromatic rings. The molecule has 0 bridgehead atoms. The number of nitrogens with one attached hydrogen (secondary N) is 1. The summed E-state index contributed by atoms with van der Waals surface area (Å²) in [5, 5.41) is 12.0. The van der Waals surface area contributed by atoms with Gasteiger partial charge in [0.05, 0.1) is 17.8 Å². The highest BCUT2D eigenvalue weighted by molar-refractivity contribution is 6.76. The lowest BCUT2D eigenvalue weighted by molar-refractivity contribution is 0.0803. The summed E-state index contributed by atoms with van der Waals surface area (Å²) >= 11 is 0. The van der Waals surface area contributed by atoms with Gasteiger partial charge in [0.25, 0.3) is 0 Å². The summed E-state index contributed by atoms with van der Waals surface area (Å²) in [5.74, 6) is 0.702. The standard InChI is InChI=1S/C24H35N5OSi/c1-31(2,3)14-13-30-18-29-24-12-11-21(15-23(24)27-28-29)26-17-22-10-9-20(16-25-22)19-7-5-4-6-8-19/h9-12,15-16,19,26H,4-8,13-14,17-18H2,1-3H3. The third-order valence-corrected chi connectivity index (χ3v) is 7.83. The molecule has 0 unspecified atom stereocenters. The van der Waals surface area contributed by atoms with E-state index in [0.717, 1.165) is 35.1 Å². The van der Waals surface area contributed by atoms with Gasteiger partial charge in [0.1, 0.15) is 12.2 Å². The number of rotatable bonds is 9. The van der Waals surface area contributed by atoms with Crippen LogP contribution in [0.1, 0.15) is 49.3 Å². The zero-order chi connectivity index (χ0) is 21.7. The zero-order valence-electron chi connectivity index (χ0n) is 19.1. The quantitative estimate of drug-likeness (QED) is 0.339. The van der Waals surface area contributed by atoms with Gasteiger partial charge in [-0.1, -0.05) is 50.2 Å². The van der Waals surface area contributed by atoms with Crippen molar-refractivity contribution in [3.8, 4) is 0 Å². The van der Waals surface area contributed by atoms with Crippen LogP contribution in [-0.2, 0) is 18.0 Å². The van der Waals surface area contributed by atoms with E-state index >= 15 is 0 Å². The first-order valence-electron chi connectivity index (χ1n) is 11.6. The summed E-state index contributed by atoms with van der Waals surface area (Å²) in [6.07, 6.45) is 8.78. The van der Waals surface area contributed by atoms with E-state index < -0.39 is 8.07 Å². The molecule has 6 nitrogen and oxygen atoms in total. The predicted octanol–water partition coefficient (Wildman–Crippen LogP) is 5.80. The molecule has 0 saturated heterocycles. The van der Waals surface area contributed by atoms with Crippen LogP contribution in [0.15, 0.2) is 36.5 Å². The molecule has 7 heteroatoms. The van der Waals surface area contributed by atoms with E-state index in [-0.39, 0.29) is 0 Å². The van der Waals surface area contributed by atoms with Gasteiger partial charge in [-0.25, -0.2) is 4.68 Å². The minimum atomic E-state index is -1.07. The number of hydrogen-bond donors (Lipinski definition) is 1. The van der Waals surface area contributed by atoms with E-state index in [1.54, 1.807) is 0 Å². The summed E-state index contributed by atoms with van der Waals surface area (Å²) in [7, 11) is -1.07. The van der Waals surface area contributed by atoms with E-state index in [4.69, 9.17) is 4.74 Å². The molecule has 1 aromatic carbocycles. The maximum atomic E-state index is 5.82. The van der Waals surface area contributed by atoms with Crippen LogP contribution < -0.4 is 5.32 Å². The van der Waals surface area contributed by atoms with Gasteiger partial charge >= 0.3 is 0 Å². The third kappa shape index (κ3) is 6.14. The Morgan fingerprint density at radius 1 is 1.10 bits per heavy atom. The van der Waals surface area contributed by atoms with Gasteiger partial charge in [-0.05, 0) is 54.6 Å². The molecule has 1 aliphatic carbocycles. The highest BCUT2D eigenvalue weighted by atomic mass is 28.3. The fraction of sp³-hybridized carbons (Fsp3) is 0.542. The van der Waals surface area contributed by atoms with E-state index in [1.807, 2.05) is 10.7 Å². The van der Waals surface area contributed by atoms with Gasteiger partial charge in [-0.2, -0.15) is 0 Å². The summed E-state index contributed by atoms with van der Waals surface area (Å²) in [6.45, 7) is 9.00. The molecule has 0 amide bonds. The van der Waals surface area contributed by atoms with Crippen LogP contribution in [0.5, 0.6) is 0 Å². The lowest BCUT2D eigenvalue weighted by atomic mass is 9.85. The molecule has 0 spiro atoms. The summed E-state index contributed by atoms with van der Waals surface area (Å²) in [4.78, 5) is 4.69. The SMILES string of the molecule is C[Si](C)(C)CCOCn1nnc2cc(NCc3ccc(C4CCCCC4)cn3)ccc21. The number of anilines is 1. The molecule has 0 aliphatic heterocycles. The van der Waals surface area contributed by atoms with Crippen molar-refractivity contribution in [2.24, 2.45) is 0 Å². The Kier molecular flexibility index (Phi) is 7.02. The van der Waals surface area contributed by atoms with Crippen molar-refractivity contribution in [3.05, 3.63) is 47.8 Å². The van der Waals surface area contributed by atoms with Gasteiger partial charge in [0.15, 0.2) is 0 Å². The van der Waals surface area contributed by atoms with Crippen LogP contribution in [0.25, 0.3) is 11.0 Å². The second-order valence-corrected chi connectivity index (χ2v) is 15.5. The molecule has 1 fully saturated rings. The lowest BCUT2D eigenvalue weighted by Gasteiger charge is -2.21. The molecule has 1 saturated carbocycles. The summed E-state index contributed by atoms with van der Waals surface area (Å²) in [5.41, 5.74) is 5.35. The molecule has 2 heterocycles. The topological polar surface area (TPSA) is 64.9 Å². The van der Waals surface area contributed by atoms with Crippen molar-refractivity contribution < 1.29 is 4.74 Å². The van der Waals surface area contributed by atoms with Crippen LogP contribution in [-0.4, -0.2) is 34.7 Å². The number of pyridine rings is 1. The molecule has 0 atom stereocenters. The van der Waals surface area contributed by atoms with E-state index in [1.165, 1.54) is 37.7 Å². The monoisotopic (exact) mass is 437 g/mol. The van der Waals surface area contributed by atoms with Crippen LogP contribution in [0.4, 0.5) is 5.69 Å². The van der Waals surface area contributed by atoms with Crippen LogP contribution in [0.3, 0.4) is 0 Å². The Labute approximate surface area is 186 Å². The van der Waals surface area contributed by atoms with Crippen LogP contribution in [0, 0.1) is 0 Å². The fourth-order valence-corrected chi connectivity index (χ4v) is 4.87. The Morgan fingerprint density at radius 2 is 1.94 bits per heavy atom. The van der Waals surface area contributed by atoms with Crippen LogP contribution >= 0.6 is 0 Å². The van der Waals surface area contributed by atoms with E-state index in [2.05, 4.69) is 70.7 Å².